The summed E-state index contributed by atoms with van der Waals surface area (Å²) in [5.74, 6) is 0.300. The maximum absolute atomic E-state index is 13.4. The van der Waals surface area contributed by atoms with Crippen LogP contribution in [0.1, 0.15) is 60.2 Å². The third-order valence-corrected chi connectivity index (χ3v) is 9.52. The highest BCUT2D eigenvalue weighted by Gasteiger charge is 2.21. The number of nitrogens with one attached hydrogen (secondary N) is 2. The first kappa shape index (κ1) is 50.7. The van der Waals surface area contributed by atoms with Crippen molar-refractivity contribution in [1.82, 2.24) is 15.2 Å². The number of nitrogen functional groups attached to an aromatic ring is 1. The number of ether oxygens (including phenoxy) is 3. The molecule has 0 atom stereocenters. The number of nitrogens with two attached hydrogens (primary N) is 1. The summed E-state index contributed by atoms with van der Waals surface area (Å²) >= 11 is 8.81. The van der Waals surface area contributed by atoms with Crippen molar-refractivity contribution in [2.24, 2.45) is 4.99 Å². The zero-order chi connectivity index (χ0) is 45.5. The number of halogens is 3. The van der Waals surface area contributed by atoms with E-state index in [1.165, 1.54) is 41.8 Å². The van der Waals surface area contributed by atoms with Gasteiger partial charge in [0.1, 0.15) is 52.6 Å². The number of rotatable bonds is 18. The van der Waals surface area contributed by atoms with Crippen molar-refractivity contribution in [2.45, 2.75) is 40.2 Å². The number of anilines is 3. The lowest BCUT2D eigenvalue weighted by atomic mass is 10.1. The number of carbonyl (C=O) groups is 3. The van der Waals surface area contributed by atoms with Crippen molar-refractivity contribution in [1.29, 1.82) is 0 Å². The smallest absolute Gasteiger partial charge is 0.410 e. The minimum absolute atomic E-state index is 0.107. The standard InChI is InChI=1S/C20H21FN4O2S.C17H24N2O3S.C8H6BrFO/c1-2-23-10-11-27-16-8-6-15(7-9-16)24-20-25-19(22)18(28-20)17(26)13-4-3-5-14(21)12-13;1-5-19(16(20)22-17(2,3)4)11-12-21-15-8-6-14(7-9-15)18-10-13-23;9-5-8(11)6-2-1-3-7(10)4-6/h3-9,12,23H,2,10-11,22H2,1H3,(H,24,25);6-10,13H,5,11-12H2,1-4H3;1-4H,5H2. The fourth-order valence-corrected chi connectivity index (χ4v) is 6.20. The zero-order valence-corrected chi connectivity index (χ0v) is 38.4. The molecule has 1 aromatic heterocycles. The van der Waals surface area contributed by atoms with Crippen LogP contribution in [0.2, 0.25) is 0 Å². The Bertz CT molecular complexity index is 2220. The number of thiocarbonyl (C=S) groups is 1. The molecule has 0 aliphatic carbocycles. The number of thiazole rings is 1. The normalized spacial score (nSPS) is 10.7. The quantitative estimate of drug-likeness (QED) is 0.0252. The van der Waals surface area contributed by atoms with Crippen molar-refractivity contribution in [3.8, 4) is 11.5 Å². The Morgan fingerprint density at radius 2 is 1.50 bits per heavy atom. The van der Waals surface area contributed by atoms with Crippen LogP contribution in [-0.2, 0) is 4.74 Å². The average Bonchev–Trinajstić information content (AvgIpc) is 3.62. The maximum Gasteiger partial charge on any atom is 0.410 e. The van der Waals surface area contributed by atoms with Crippen LogP contribution in [0.4, 0.5) is 35.9 Å². The number of likely N-dealkylation sites (N-methyl/N-ethyl adjacent to an activating group) is 2. The van der Waals surface area contributed by atoms with E-state index in [1.807, 2.05) is 83.1 Å². The minimum atomic E-state index is -0.496. The minimum Gasteiger partial charge on any atom is -0.492 e. The summed E-state index contributed by atoms with van der Waals surface area (Å²) in [7, 11) is 0. The first-order chi connectivity index (χ1) is 29.7. The fraction of sp³-hybridized carbons (Fsp3) is 0.289. The Labute approximate surface area is 379 Å². The van der Waals surface area contributed by atoms with E-state index in [9.17, 15) is 23.2 Å². The highest BCUT2D eigenvalue weighted by Crippen LogP contribution is 2.30. The third-order valence-electron chi connectivity index (χ3n) is 7.90. The molecule has 4 aromatic carbocycles. The summed E-state index contributed by atoms with van der Waals surface area (Å²) in [5, 5.41) is 8.49. The summed E-state index contributed by atoms with van der Waals surface area (Å²) in [6.45, 7) is 13.2. The number of hydrogen-bond acceptors (Lipinski definition) is 13. The lowest BCUT2D eigenvalue weighted by Gasteiger charge is -2.26. The molecule has 0 aliphatic heterocycles. The van der Waals surface area contributed by atoms with E-state index >= 15 is 0 Å². The van der Waals surface area contributed by atoms with Crippen LogP contribution in [0.15, 0.2) is 102 Å². The van der Waals surface area contributed by atoms with Gasteiger partial charge in [-0.15, -0.1) is 0 Å². The Morgan fingerprint density at radius 1 is 0.903 bits per heavy atom. The van der Waals surface area contributed by atoms with E-state index in [-0.39, 0.29) is 45.1 Å². The van der Waals surface area contributed by atoms with Gasteiger partial charge in [0.2, 0.25) is 5.78 Å². The van der Waals surface area contributed by atoms with E-state index in [1.54, 1.807) is 23.2 Å². The van der Waals surface area contributed by atoms with Crippen LogP contribution in [-0.4, -0.2) is 89.4 Å². The van der Waals surface area contributed by atoms with Gasteiger partial charge in [-0.2, -0.15) is 0 Å². The van der Waals surface area contributed by atoms with Gasteiger partial charge in [0.25, 0.3) is 0 Å². The van der Waals surface area contributed by atoms with Gasteiger partial charge in [-0.05, 0) is 107 Å². The number of amides is 1. The summed E-state index contributed by atoms with van der Waals surface area (Å²) in [5.41, 5.74) is 7.64. The SMILES string of the molecule is CCN(CCOc1ccc(N=CC=S)cc1)C(=O)OC(C)(C)C.CCNCCOc1ccc(Nc2nc(N)c(C(=O)c3cccc(F)c3)s2)cc1.O=C(CBr)c1cccc(F)c1. The van der Waals surface area contributed by atoms with Crippen LogP contribution < -0.4 is 25.8 Å². The molecule has 1 amide bonds. The summed E-state index contributed by atoms with van der Waals surface area (Å²) in [4.78, 5) is 45.7. The largest absolute Gasteiger partial charge is 0.492 e. The van der Waals surface area contributed by atoms with Gasteiger partial charge in [0.05, 0.1) is 17.6 Å². The first-order valence-electron chi connectivity index (χ1n) is 19.5. The number of nitrogens with zero attached hydrogens (tertiary/aromatic N) is 3. The van der Waals surface area contributed by atoms with E-state index in [0.29, 0.717) is 37.0 Å². The van der Waals surface area contributed by atoms with Crippen LogP contribution in [0, 0.1) is 11.6 Å². The van der Waals surface area contributed by atoms with Gasteiger partial charge in [-0.3, -0.25) is 14.6 Å². The van der Waals surface area contributed by atoms with Gasteiger partial charge >= 0.3 is 6.09 Å². The molecule has 0 radical (unpaired) electrons. The Hall–Kier alpha value is -5.62. The summed E-state index contributed by atoms with van der Waals surface area (Å²) < 4.78 is 42.5. The Balaban J connectivity index is 0.000000270. The van der Waals surface area contributed by atoms with Gasteiger partial charge in [0.15, 0.2) is 10.9 Å². The molecular weight excluding hydrogens is 903 g/mol. The number of aromatic nitrogens is 1. The highest BCUT2D eigenvalue weighted by molar-refractivity contribution is 9.09. The lowest BCUT2D eigenvalue weighted by Crippen LogP contribution is -2.38. The molecule has 0 spiro atoms. The molecule has 5 rings (SSSR count). The monoisotopic (exact) mass is 952 g/mol. The number of aliphatic imine (C=N–C) groups is 1. The molecule has 62 heavy (non-hydrogen) atoms. The molecule has 0 aliphatic rings. The van der Waals surface area contributed by atoms with Crippen molar-refractivity contribution >= 4 is 91.1 Å². The molecule has 0 unspecified atom stereocenters. The molecule has 5 aromatic rings. The predicted molar refractivity (Wildman–Crippen MR) is 252 cm³/mol. The van der Waals surface area contributed by atoms with Crippen LogP contribution in [0.5, 0.6) is 11.5 Å². The van der Waals surface area contributed by atoms with E-state index in [2.05, 4.69) is 48.8 Å². The topological polar surface area (TPSA) is 157 Å². The molecule has 4 N–H and O–H groups in total. The van der Waals surface area contributed by atoms with Crippen molar-refractivity contribution in [2.75, 3.05) is 55.8 Å². The van der Waals surface area contributed by atoms with E-state index in [4.69, 9.17) is 19.9 Å². The Morgan fingerprint density at radius 3 is 2.06 bits per heavy atom. The van der Waals surface area contributed by atoms with Crippen LogP contribution in [0.3, 0.4) is 0 Å². The van der Waals surface area contributed by atoms with Gasteiger partial charge in [-0.1, -0.05) is 70.7 Å². The van der Waals surface area contributed by atoms with E-state index in [0.717, 1.165) is 47.3 Å². The number of hydrogen-bond donors (Lipinski definition) is 3. The molecule has 0 saturated heterocycles. The molecule has 12 nitrogen and oxygen atoms in total. The number of alkyl halides is 1. The second-order valence-electron chi connectivity index (χ2n) is 13.8. The Kier molecular flexibility index (Phi) is 21.8. The molecule has 0 fully saturated rings. The average molecular weight is 954 g/mol. The van der Waals surface area contributed by atoms with Crippen LogP contribution in [0.25, 0.3) is 0 Å². The second kappa shape index (κ2) is 26.7. The third kappa shape index (κ3) is 18.6. The predicted octanol–water partition coefficient (Wildman–Crippen LogP) is 10.3. The molecule has 0 saturated carbocycles. The van der Waals surface area contributed by atoms with Gasteiger partial charge in [-0.25, -0.2) is 18.6 Å². The van der Waals surface area contributed by atoms with Crippen molar-refractivity contribution in [3.05, 3.63) is 125 Å². The number of ketones is 2. The van der Waals surface area contributed by atoms with Gasteiger partial charge in [0, 0.05) is 41.5 Å². The first-order valence-corrected chi connectivity index (χ1v) is 21.9. The summed E-state index contributed by atoms with van der Waals surface area (Å²) in [6.07, 6.45) is 1.24. The zero-order valence-electron chi connectivity index (χ0n) is 35.2. The lowest BCUT2D eigenvalue weighted by molar-refractivity contribution is 0.0237. The van der Waals surface area contributed by atoms with Crippen LogP contribution >= 0.6 is 39.5 Å². The maximum atomic E-state index is 13.4. The highest BCUT2D eigenvalue weighted by atomic mass is 79.9. The number of carbonyl (C=O) groups excluding carboxylic acids is 3. The molecular formula is C45H51BrF2N6O6S2. The number of benzene rings is 4. The van der Waals surface area contributed by atoms with E-state index < -0.39 is 11.4 Å². The van der Waals surface area contributed by atoms with Crippen molar-refractivity contribution in [3.63, 3.8) is 0 Å². The number of Topliss-reactive ketones (excluding diaryl/α,β-unsaturated/α-hetero) is 1. The van der Waals surface area contributed by atoms with Gasteiger partial charge < -0.3 is 35.5 Å². The molecule has 17 heteroatoms. The fourth-order valence-electron chi connectivity index (χ4n) is 4.95. The summed E-state index contributed by atoms with van der Waals surface area (Å²) in [6, 6.07) is 25.9. The molecule has 1 heterocycles. The molecule has 0 bridgehead atoms. The van der Waals surface area contributed by atoms with Crippen molar-refractivity contribution < 1.29 is 37.4 Å². The second-order valence-corrected chi connectivity index (χ2v) is 15.6. The molecule has 330 valence electrons.